The second-order valence-corrected chi connectivity index (χ2v) is 7.28. The summed E-state index contributed by atoms with van der Waals surface area (Å²) >= 11 is 5.25. The number of carbonyl (C=O) groups is 2. The van der Waals surface area contributed by atoms with Gasteiger partial charge in [-0.15, -0.1) is 0 Å². The van der Waals surface area contributed by atoms with Crippen LogP contribution >= 0.6 is 12.2 Å². The Bertz CT molecular complexity index is 451. The van der Waals surface area contributed by atoms with E-state index in [1.807, 2.05) is 13.8 Å². The third-order valence-electron chi connectivity index (χ3n) is 5.02. The van der Waals surface area contributed by atoms with Crippen LogP contribution in [0.15, 0.2) is 0 Å². The average molecular weight is 296 g/mol. The van der Waals surface area contributed by atoms with E-state index in [1.165, 1.54) is 4.90 Å². The van der Waals surface area contributed by atoms with Crippen molar-refractivity contribution < 1.29 is 9.59 Å². The summed E-state index contributed by atoms with van der Waals surface area (Å²) in [6, 6.07) is 0. The zero-order chi connectivity index (χ0) is 15.1. The van der Waals surface area contributed by atoms with Crippen LogP contribution in [-0.4, -0.2) is 27.2 Å². The van der Waals surface area contributed by atoms with Crippen LogP contribution in [0.25, 0.3) is 0 Å². The molecule has 1 saturated heterocycles. The van der Waals surface area contributed by atoms with Gasteiger partial charge < -0.3 is 5.73 Å². The van der Waals surface area contributed by atoms with Crippen molar-refractivity contribution in [3.8, 4) is 0 Å². The molecule has 1 aliphatic carbocycles. The lowest BCUT2D eigenvalue weighted by atomic mass is 9.74. The molecule has 2 rings (SSSR count). The Labute approximate surface area is 126 Å². The molecule has 112 valence electrons. The predicted octanol–water partition coefficient (Wildman–Crippen LogP) is 2.40. The van der Waals surface area contributed by atoms with Gasteiger partial charge in [0, 0.05) is 6.42 Å². The molecule has 5 heteroatoms. The summed E-state index contributed by atoms with van der Waals surface area (Å²) in [6.45, 7) is 5.81. The first kappa shape index (κ1) is 15.4. The van der Waals surface area contributed by atoms with Crippen molar-refractivity contribution in [2.24, 2.45) is 17.1 Å². The largest absolute Gasteiger partial charge is 0.391 e. The highest BCUT2D eigenvalue weighted by molar-refractivity contribution is 7.80. The van der Waals surface area contributed by atoms with E-state index in [0.717, 1.165) is 19.3 Å². The molecule has 1 aliphatic heterocycles. The summed E-state index contributed by atoms with van der Waals surface area (Å²) in [5.74, 6) is 0.409. The maximum Gasteiger partial charge on any atom is 0.236 e. The Morgan fingerprint density at radius 3 is 2.25 bits per heavy atom. The van der Waals surface area contributed by atoms with Crippen molar-refractivity contribution in [3.63, 3.8) is 0 Å². The number of thiocarbonyl (C=S) groups is 1. The lowest BCUT2D eigenvalue weighted by Gasteiger charge is -2.45. The minimum absolute atomic E-state index is 0.120. The molecule has 2 fully saturated rings. The summed E-state index contributed by atoms with van der Waals surface area (Å²) in [5, 5.41) is 0. The first-order valence-corrected chi connectivity index (χ1v) is 7.83. The molecule has 20 heavy (non-hydrogen) atoms. The number of carbonyl (C=O) groups excluding carboxylic acids is 2. The first-order valence-electron chi connectivity index (χ1n) is 7.42. The molecule has 0 atom stereocenters. The van der Waals surface area contributed by atoms with Crippen LogP contribution in [-0.2, 0) is 9.59 Å². The van der Waals surface area contributed by atoms with Crippen LogP contribution < -0.4 is 5.73 Å². The fraction of sp³-hybridized carbons (Fsp3) is 0.800. The summed E-state index contributed by atoms with van der Waals surface area (Å²) < 4.78 is 0. The molecule has 0 spiro atoms. The molecule has 0 radical (unpaired) electrons. The van der Waals surface area contributed by atoms with Crippen LogP contribution in [0.5, 0.6) is 0 Å². The Balaban J connectivity index is 2.33. The van der Waals surface area contributed by atoms with Crippen molar-refractivity contribution >= 4 is 29.0 Å². The van der Waals surface area contributed by atoms with Gasteiger partial charge in [0.05, 0.1) is 10.4 Å². The zero-order valence-electron chi connectivity index (χ0n) is 12.6. The zero-order valence-corrected chi connectivity index (χ0v) is 13.4. The third kappa shape index (κ3) is 2.26. The van der Waals surface area contributed by atoms with Gasteiger partial charge in [-0.25, -0.2) is 0 Å². The van der Waals surface area contributed by atoms with Crippen molar-refractivity contribution in [1.82, 2.24) is 4.90 Å². The quantitative estimate of drug-likeness (QED) is 0.641. The van der Waals surface area contributed by atoms with Crippen molar-refractivity contribution in [2.75, 3.05) is 0 Å². The van der Waals surface area contributed by atoms with Gasteiger partial charge in [-0.3, -0.25) is 14.5 Å². The van der Waals surface area contributed by atoms with Crippen LogP contribution in [0.1, 0.15) is 59.3 Å². The number of likely N-dealkylation sites (tertiary alicyclic amines) is 1. The van der Waals surface area contributed by atoms with E-state index < -0.39 is 11.0 Å². The van der Waals surface area contributed by atoms with Crippen LogP contribution in [0.4, 0.5) is 0 Å². The van der Waals surface area contributed by atoms with E-state index in [4.69, 9.17) is 18.0 Å². The Hall–Kier alpha value is -0.970. The smallest absolute Gasteiger partial charge is 0.236 e. The lowest BCUT2D eigenvalue weighted by molar-refractivity contribution is -0.146. The SMILES string of the molecule is CCC1CCC(C(N)=S)(N2C(=O)CC(C)(C)C2=O)CC1. The number of nitrogens with zero attached hydrogens (tertiary/aromatic N) is 1. The molecule has 2 aliphatic rings. The van der Waals surface area contributed by atoms with E-state index in [2.05, 4.69) is 6.92 Å². The normalized spacial score (nSPS) is 33.5. The number of hydrogen-bond acceptors (Lipinski definition) is 3. The van der Waals surface area contributed by atoms with Gasteiger partial charge in [0.1, 0.15) is 5.54 Å². The standard InChI is InChI=1S/C15H24N2O2S/c1-4-10-5-7-15(8-6-10,12(16)20)17-11(18)9-14(2,3)13(17)19/h10H,4-9H2,1-3H3,(H2,16,20). The highest BCUT2D eigenvalue weighted by Gasteiger charge is 2.55. The molecule has 0 aromatic carbocycles. The molecular formula is C15H24N2O2S. The molecule has 2 amide bonds. The fourth-order valence-electron chi connectivity index (χ4n) is 3.53. The summed E-state index contributed by atoms with van der Waals surface area (Å²) in [5.41, 5.74) is 4.62. The maximum atomic E-state index is 12.6. The molecule has 2 N–H and O–H groups in total. The number of hydrogen-bond donors (Lipinski definition) is 1. The minimum Gasteiger partial charge on any atom is -0.391 e. The molecule has 0 bridgehead atoms. The number of rotatable bonds is 3. The second-order valence-electron chi connectivity index (χ2n) is 6.84. The van der Waals surface area contributed by atoms with Crippen LogP contribution in [0.2, 0.25) is 0 Å². The molecule has 1 saturated carbocycles. The molecule has 0 aromatic heterocycles. The highest BCUT2D eigenvalue weighted by atomic mass is 32.1. The number of imide groups is 1. The summed E-state index contributed by atoms with van der Waals surface area (Å²) in [4.78, 5) is 26.6. The minimum atomic E-state index is -0.719. The van der Waals surface area contributed by atoms with Gasteiger partial charge in [0.2, 0.25) is 11.8 Å². The van der Waals surface area contributed by atoms with Gasteiger partial charge in [-0.1, -0.05) is 39.4 Å². The Kier molecular flexibility index (Phi) is 3.93. The van der Waals surface area contributed by atoms with E-state index in [-0.39, 0.29) is 18.2 Å². The van der Waals surface area contributed by atoms with Gasteiger partial charge in [0.15, 0.2) is 0 Å². The van der Waals surface area contributed by atoms with Gasteiger partial charge in [0.25, 0.3) is 0 Å². The van der Waals surface area contributed by atoms with Crippen molar-refractivity contribution in [1.29, 1.82) is 0 Å². The third-order valence-corrected chi connectivity index (χ3v) is 5.40. The summed E-state index contributed by atoms with van der Waals surface area (Å²) in [7, 11) is 0. The highest BCUT2D eigenvalue weighted by Crippen LogP contribution is 2.44. The summed E-state index contributed by atoms with van der Waals surface area (Å²) in [6.07, 6.45) is 4.77. The molecule has 4 nitrogen and oxygen atoms in total. The topological polar surface area (TPSA) is 63.4 Å². The monoisotopic (exact) mass is 296 g/mol. The van der Waals surface area contributed by atoms with E-state index in [9.17, 15) is 9.59 Å². The van der Waals surface area contributed by atoms with E-state index in [0.29, 0.717) is 23.7 Å². The van der Waals surface area contributed by atoms with Gasteiger partial charge >= 0.3 is 0 Å². The van der Waals surface area contributed by atoms with Crippen molar-refractivity contribution in [2.45, 2.75) is 64.8 Å². The van der Waals surface area contributed by atoms with E-state index in [1.54, 1.807) is 0 Å². The molecule has 0 unspecified atom stereocenters. The number of amides is 2. The van der Waals surface area contributed by atoms with Gasteiger partial charge in [-0.2, -0.15) is 0 Å². The lowest BCUT2D eigenvalue weighted by Crippen LogP contribution is -2.61. The Morgan fingerprint density at radius 2 is 1.90 bits per heavy atom. The average Bonchev–Trinajstić information content (AvgIpc) is 2.58. The fourth-order valence-corrected chi connectivity index (χ4v) is 3.82. The second kappa shape index (κ2) is 5.10. The predicted molar refractivity (Wildman–Crippen MR) is 82.0 cm³/mol. The van der Waals surface area contributed by atoms with Gasteiger partial charge in [-0.05, 0) is 31.6 Å². The molecular weight excluding hydrogens is 272 g/mol. The Morgan fingerprint density at radius 1 is 1.35 bits per heavy atom. The number of nitrogens with two attached hydrogens (primary N) is 1. The first-order chi connectivity index (χ1) is 9.24. The van der Waals surface area contributed by atoms with Crippen LogP contribution in [0, 0.1) is 11.3 Å². The molecule has 1 heterocycles. The van der Waals surface area contributed by atoms with Crippen molar-refractivity contribution in [3.05, 3.63) is 0 Å². The molecule has 0 aromatic rings. The van der Waals surface area contributed by atoms with E-state index >= 15 is 0 Å². The van der Waals surface area contributed by atoms with Crippen LogP contribution in [0.3, 0.4) is 0 Å². The maximum absolute atomic E-state index is 12.6.